The smallest absolute Gasteiger partial charge is 0.335 e. The maximum absolute atomic E-state index is 12.5. The highest BCUT2D eigenvalue weighted by atomic mass is 35.5. The molecule has 0 saturated carbocycles. The first-order valence-corrected chi connectivity index (χ1v) is 5.15. The van der Waals surface area contributed by atoms with Crippen molar-refractivity contribution in [2.75, 3.05) is 5.73 Å². The van der Waals surface area contributed by atoms with Crippen molar-refractivity contribution >= 4 is 39.1 Å². The highest BCUT2D eigenvalue weighted by molar-refractivity contribution is 7.86. The number of nitrogens with two attached hydrogens (primary N) is 1. The van der Waals surface area contributed by atoms with E-state index in [2.05, 4.69) is 0 Å². The predicted molar refractivity (Wildman–Crippen MR) is 49.2 cm³/mol. The first-order valence-electron chi connectivity index (χ1n) is 3.01. The molecular weight excluding hydrogens is 240 g/mol. The fraction of sp³-hybridized carbons (Fsp3) is 0. The summed E-state index contributed by atoms with van der Waals surface area (Å²) in [7, 11) is -4.90. The van der Waals surface area contributed by atoms with Crippen molar-refractivity contribution in [3.63, 3.8) is 0 Å². The summed E-state index contributed by atoms with van der Waals surface area (Å²) in [6.07, 6.45) is 0. The van der Waals surface area contributed by atoms with Crippen LogP contribution in [0.15, 0.2) is 17.0 Å². The molecule has 0 aromatic heterocycles. The standard InChI is InChI=1S/C6H4Cl2FNO2S/c7-3-1-4(8)6(5(10)2-3)13(9,11)12/h1-2H,10H2. The molecule has 0 unspecified atom stereocenters. The van der Waals surface area contributed by atoms with Crippen LogP contribution in [-0.4, -0.2) is 8.42 Å². The molecular formula is C6H4Cl2FNO2S. The summed E-state index contributed by atoms with van der Waals surface area (Å²) in [5.41, 5.74) is 4.91. The number of rotatable bonds is 1. The lowest BCUT2D eigenvalue weighted by atomic mass is 10.3. The zero-order chi connectivity index (χ0) is 10.2. The minimum absolute atomic E-state index is 0.148. The average Bonchev–Trinajstić information content (AvgIpc) is 1.78. The maximum Gasteiger partial charge on any atom is 0.335 e. The van der Waals surface area contributed by atoms with Crippen molar-refractivity contribution < 1.29 is 12.3 Å². The molecule has 0 amide bonds. The van der Waals surface area contributed by atoms with E-state index in [1.165, 1.54) is 0 Å². The Kier molecular flexibility index (Phi) is 2.70. The average molecular weight is 244 g/mol. The number of halogens is 3. The molecule has 0 radical (unpaired) electrons. The summed E-state index contributed by atoms with van der Waals surface area (Å²) in [5, 5.41) is -0.178. The number of nitrogen functional groups attached to an aromatic ring is 1. The first-order chi connectivity index (χ1) is 5.82. The molecule has 0 aliphatic heterocycles. The van der Waals surface area contributed by atoms with Gasteiger partial charge in [0.1, 0.15) is 4.90 Å². The summed E-state index contributed by atoms with van der Waals surface area (Å²) in [6, 6.07) is 2.21. The minimum atomic E-state index is -4.90. The molecule has 0 aliphatic carbocycles. The van der Waals surface area contributed by atoms with Gasteiger partial charge in [0.25, 0.3) is 0 Å². The zero-order valence-corrected chi connectivity index (χ0v) is 8.42. The van der Waals surface area contributed by atoms with E-state index in [-0.39, 0.29) is 15.7 Å². The largest absolute Gasteiger partial charge is 0.398 e. The van der Waals surface area contributed by atoms with Gasteiger partial charge in [-0.15, -0.1) is 3.89 Å². The molecule has 2 N–H and O–H groups in total. The molecule has 1 aromatic carbocycles. The van der Waals surface area contributed by atoms with E-state index in [4.69, 9.17) is 28.9 Å². The second kappa shape index (κ2) is 3.32. The van der Waals surface area contributed by atoms with Crippen LogP contribution in [0, 0.1) is 0 Å². The predicted octanol–water partition coefficient (Wildman–Crippen LogP) is 2.23. The van der Waals surface area contributed by atoms with Crippen LogP contribution in [0.5, 0.6) is 0 Å². The molecule has 1 aromatic rings. The number of hydrogen-bond acceptors (Lipinski definition) is 3. The van der Waals surface area contributed by atoms with E-state index in [0.717, 1.165) is 12.1 Å². The Morgan fingerprint density at radius 2 is 1.85 bits per heavy atom. The summed E-state index contributed by atoms with van der Waals surface area (Å²) in [5.74, 6) is 0. The van der Waals surface area contributed by atoms with Gasteiger partial charge in [0.05, 0.1) is 10.7 Å². The summed E-state index contributed by atoms with van der Waals surface area (Å²) >= 11 is 10.9. The SMILES string of the molecule is Nc1cc(Cl)cc(Cl)c1S(=O)(=O)F. The van der Waals surface area contributed by atoms with Crippen molar-refractivity contribution in [2.24, 2.45) is 0 Å². The van der Waals surface area contributed by atoms with E-state index in [9.17, 15) is 12.3 Å². The Labute approximate surface area is 84.5 Å². The Morgan fingerprint density at radius 3 is 2.23 bits per heavy atom. The van der Waals surface area contributed by atoms with Gasteiger partial charge in [-0.25, -0.2) is 0 Å². The summed E-state index contributed by atoms with van der Waals surface area (Å²) < 4.78 is 33.6. The zero-order valence-electron chi connectivity index (χ0n) is 6.09. The van der Waals surface area contributed by atoms with E-state index in [0.29, 0.717) is 0 Å². The second-order valence-corrected chi connectivity index (χ2v) is 4.37. The van der Waals surface area contributed by atoms with Gasteiger partial charge in [-0.05, 0) is 12.1 Å². The molecule has 3 nitrogen and oxygen atoms in total. The Morgan fingerprint density at radius 1 is 1.31 bits per heavy atom. The molecule has 1 rings (SSSR count). The van der Waals surface area contributed by atoms with Crippen LogP contribution in [0.25, 0.3) is 0 Å². The second-order valence-electron chi connectivity index (χ2n) is 2.24. The van der Waals surface area contributed by atoms with Crippen molar-refractivity contribution in [1.29, 1.82) is 0 Å². The van der Waals surface area contributed by atoms with Crippen LogP contribution in [0.3, 0.4) is 0 Å². The van der Waals surface area contributed by atoms with E-state index >= 15 is 0 Å². The molecule has 0 spiro atoms. The van der Waals surface area contributed by atoms with Crippen LogP contribution in [-0.2, 0) is 10.2 Å². The number of anilines is 1. The van der Waals surface area contributed by atoms with Crippen molar-refractivity contribution in [2.45, 2.75) is 4.90 Å². The molecule has 0 saturated heterocycles. The van der Waals surface area contributed by atoms with Crippen LogP contribution in [0.1, 0.15) is 0 Å². The van der Waals surface area contributed by atoms with Gasteiger partial charge < -0.3 is 5.73 Å². The topological polar surface area (TPSA) is 60.2 Å². The minimum Gasteiger partial charge on any atom is -0.398 e. The lowest BCUT2D eigenvalue weighted by molar-refractivity contribution is 0.552. The first kappa shape index (κ1) is 10.6. The fourth-order valence-electron chi connectivity index (χ4n) is 0.837. The molecule has 13 heavy (non-hydrogen) atoms. The van der Waals surface area contributed by atoms with Gasteiger partial charge in [-0.3, -0.25) is 0 Å². The number of hydrogen-bond donors (Lipinski definition) is 1. The molecule has 0 heterocycles. The third-order valence-electron chi connectivity index (χ3n) is 1.28. The highest BCUT2D eigenvalue weighted by Crippen LogP contribution is 2.31. The maximum atomic E-state index is 12.5. The quantitative estimate of drug-likeness (QED) is 0.608. The van der Waals surface area contributed by atoms with Gasteiger partial charge in [-0.1, -0.05) is 23.2 Å². The van der Waals surface area contributed by atoms with Crippen molar-refractivity contribution in [3.8, 4) is 0 Å². The summed E-state index contributed by atoms with van der Waals surface area (Å²) in [6.45, 7) is 0. The third kappa shape index (κ3) is 2.24. The monoisotopic (exact) mass is 243 g/mol. The van der Waals surface area contributed by atoms with E-state index in [1.54, 1.807) is 0 Å². The number of benzene rings is 1. The Hall–Kier alpha value is -0.520. The van der Waals surface area contributed by atoms with Gasteiger partial charge >= 0.3 is 10.2 Å². The molecule has 0 aliphatic rings. The lowest BCUT2D eigenvalue weighted by Gasteiger charge is -2.03. The third-order valence-corrected chi connectivity index (χ3v) is 2.85. The van der Waals surface area contributed by atoms with Crippen molar-refractivity contribution in [1.82, 2.24) is 0 Å². The fourth-order valence-corrected chi connectivity index (χ4v) is 2.26. The van der Waals surface area contributed by atoms with Crippen molar-refractivity contribution in [3.05, 3.63) is 22.2 Å². The molecule has 7 heteroatoms. The van der Waals surface area contributed by atoms with Gasteiger partial charge in [0, 0.05) is 5.02 Å². The Balaban J connectivity index is 3.57. The highest BCUT2D eigenvalue weighted by Gasteiger charge is 2.20. The van der Waals surface area contributed by atoms with Crippen LogP contribution >= 0.6 is 23.2 Å². The van der Waals surface area contributed by atoms with Gasteiger partial charge in [0.2, 0.25) is 0 Å². The van der Waals surface area contributed by atoms with Crippen LogP contribution in [0.4, 0.5) is 9.57 Å². The van der Waals surface area contributed by atoms with Crippen LogP contribution < -0.4 is 5.73 Å². The lowest BCUT2D eigenvalue weighted by Crippen LogP contribution is -1.99. The van der Waals surface area contributed by atoms with E-state index in [1.807, 2.05) is 0 Å². The van der Waals surface area contributed by atoms with Gasteiger partial charge in [0.15, 0.2) is 0 Å². The molecule has 0 atom stereocenters. The normalized spacial score (nSPS) is 11.6. The Bertz CT molecular complexity index is 423. The molecule has 0 fully saturated rings. The molecule has 72 valence electrons. The summed E-state index contributed by atoms with van der Waals surface area (Å²) in [4.78, 5) is -0.737. The van der Waals surface area contributed by atoms with Crippen LogP contribution in [0.2, 0.25) is 10.0 Å². The molecule has 0 bridgehead atoms. The van der Waals surface area contributed by atoms with E-state index < -0.39 is 15.1 Å². The van der Waals surface area contributed by atoms with Gasteiger partial charge in [-0.2, -0.15) is 8.42 Å².